The number of nitrogens with one attached hydrogen (secondary N) is 1. The summed E-state index contributed by atoms with van der Waals surface area (Å²) in [6.45, 7) is 2.05. The quantitative estimate of drug-likeness (QED) is 0.528. The Bertz CT molecular complexity index is 1460. The average Bonchev–Trinajstić information content (AvgIpc) is 3.27. The predicted molar refractivity (Wildman–Crippen MR) is 125 cm³/mol. The lowest BCUT2D eigenvalue weighted by Crippen LogP contribution is -2.30. The highest BCUT2D eigenvalue weighted by atomic mass is 32.2. The van der Waals surface area contributed by atoms with Gasteiger partial charge in [-0.2, -0.15) is 0 Å². The molecule has 1 N–H and O–H groups in total. The van der Waals surface area contributed by atoms with Gasteiger partial charge in [0.25, 0.3) is 11.5 Å². The molecule has 34 heavy (non-hydrogen) atoms. The fourth-order valence-electron chi connectivity index (χ4n) is 3.68. The minimum Gasteiger partial charge on any atom is -0.449 e. The lowest BCUT2D eigenvalue weighted by molar-refractivity contribution is -0.123. The fourth-order valence-corrected chi connectivity index (χ4v) is 4.63. The fraction of sp³-hybridized carbons (Fsp3) is 0.304. The number of nitrogens with zero attached hydrogens (tertiary/aromatic N) is 3. The Kier molecular flexibility index (Phi) is 6.24. The second kappa shape index (κ2) is 8.99. The SMILES string of the molecule is CC(OC(=O)c1ccc2c(=O)n3c(nc2c1)CCC3)C(=O)Nc1cccc(S(=O)(=O)N(C)C)c1. The molecule has 2 aromatic carbocycles. The van der Waals surface area contributed by atoms with Gasteiger partial charge in [0.15, 0.2) is 6.10 Å². The van der Waals surface area contributed by atoms with Crippen LogP contribution in [0.4, 0.5) is 5.69 Å². The number of carbonyl (C=O) groups is 2. The van der Waals surface area contributed by atoms with Crippen molar-refractivity contribution in [3.63, 3.8) is 0 Å². The zero-order chi connectivity index (χ0) is 24.6. The first-order valence-corrected chi connectivity index (χ1v) is 12.1. The molecule has 10 nitrogen and oxygen atoms in total. The van der Waals surface area contributed by atoms with Crippen LogP contribution in [0.25, 0.3) is 10.9 Å². The van der Waals surface area contributed by atoms with Crippen molar-refractivity contribution in [2.24, 2.45) is 0 Å². The maximum absolute atomic E-state index is 12.6. The van der Waals surface area contributed by atoms with Gasteiger partial charge in [-0.05, 0) is 49.7 Å². The lowest BCUT2D eigenvalue weighted by atomic mass is 10.1. The molecule has 0 saturated heterocycles. The Hall–Kier alpha value is -3.57. The predicted octanol–water partition coefficient (Wildman–Crippen LogP) is 1.78. The van der Waals surface area contributed by atoms with Crippen molar-refractivity contribution in [2.75, 3.05) is 19.4 Å². The van der Waals surface area contributed by atoms with Gasteiger partial charge in [-0.15, -0.1) is 0 Å². The van der Waals surface area contributed by atoms with Crippen LogP contribution in [0.3, 0.4) is 0 Å². The summed E-state index contributed by atoms with van der Waals surface area (Å²) in [6.07, 6.45) is 0.397. The van der Waals surface area contributed by atoms with Crippen molar-refractivity contribution in [3.05, 3.63) is 64.2 Å². The van der Waals surface area contributed by atoms with Crippen LogP contribution in [0.2, 0.25) is 0 Å². The number of rotatable bonds is 6. The zero-order valence-corrected chi connectivity index (χ0v) is 19.8. The highest BCUT2D eigenvalue weighted by Crippen LogP contribution is 2.19. The molecule has 1 amide bonds. The Morgan fingerprint density at radius 1 is 1.18 bits per heavy atom. The lowest BCUT2D eigenvalue weighted by Gasteiger charge is -2.15. The van der Waals surface area contributed by atoms with Crippen LogP contribution in [0.1, 0.15) is 29.5 Å². The van der Waals surface area contributed by atoms with E-state index < -0.39 is 28.0 Å². The van der Waals surface area contributed by atoms with Crippen LogP contribution < -0.4 is 10.9 Å². The number of esters is 1. The Labute approximate surface area is 196 Å². The van der Waals surface area contributed by atoms with E-state index in [0.717, 1.165) is 10.7 Å². The van der Waals surface area contributed by atoms with Crippen molar-refractivity contribution >= 4 is 38.5 Å². The third-order valence-corrected chi connectivity index (χ3v) is 7.40. The number of fused-ring (bicyclic) bond motifs is 2. The Morgan fingerprint density at radius 3 is 2.68 bits per heavy atom. The van der Waals surface area contributed by atoms with Crippen LogP contribution in [0.15, 0.2) is 52.2 Å². The van der Waals surface area contributed by atoms with Gasteiger partial charge in [-0.25, -0.2) is 22.5 Å². The number of aromatic nitrogens is 2. The molecule has 1 aromatic heterocycles. The summed E-state index contributed by atoms with van der Waals surface area (Å²) in [5.41, 5.74) is 0.688. The number of aryl methyl sites for hydroxylation is 1. The maximum Gasteiger partial charge on any atom is 0.338 e. The first-order valence-electron chi connectivity index (χ1n) is 10.7. The van der Waals surface area contributed by atoms with Crippen LogP contribution >= 0.6 is 0 Å². The van der Waals surface area contributed by atoms with Crippen LogP contribution in [-0.4, -0.2) is 54.3 Å². The first-order chi connectivity index (χ1) is 16.1. The Morgan fingerprint density at radius 2 is 1.94 bits per heavy atom. The molecule has 1 aliphatic rings. The Balaban J connectivity index is 1.48. The van der Waals surface area contributed by atoms with Gasteiger partial charge in [-0.1, -0.05) is 6.07 Å². The van der Waals surface area contributed by atoms with Crippen LogP contribution in [-0.2, 0) is 32.5 Å². The monoisotopic (exact) mass is 484 g/mol. The number of carbonyl (C=O) groups excluding carboxylic acids is 2. The number of benzene rings is 2. The normalized spacial score (nSPS) is 14.1. The van der Waals surface area contributed by atoms with Crippen molar-refractivity contribution in [2.45, 2.75) is 37.3 Å². The number of sulfonamides is 1. The molecular formula is C23H24N4O6S. The van der Waals surface area contributed by atoms with Crippen LogP contribution in [0, 0.1) is 0 Å². The van der Waals surface area contributed by atoms with E-state index in [4.69, 9.17) is 4.74 Å². The summed E-state index contributed by atoms with van der Waals surface area (Å²) in [7, 11) is -0.846. The van der Waals surface area contributed by atoms with Crippen molar-refractivity contribution in [3.8, 4) is 0 Å². The summed E-state index contributed by atoms with van der Waals surface area (Å²) in [5.74, 6) is -0.673. The summed E-state index contributed by atoms with van der Waals surface area (Å²) < 4.78 is 32.6. The largest absolute Gasteiger partial charge is 0.449 e. The average molecular weight is 485 g/mol. The van der Waals surface area contributed by atoms with E-state index in [9.17, 15) is 22.8 Å². The molecule has 4 rings (SSSR count). The molecule has 0 spiro atoms. The van der Waals surface area contributed by atoms with E-state index in [1.54, 1.807) is 4.57 Å². The minimum atomic E-state index is -3.67. The number of amides is 1. The van der Waals surface area contributed by atoms with E-state index in [0.29, 0.717) is 29.7 Å². The van der Waals surface area contributed by atoms with Gasteiger partial charge >= 0.3 is 5.97 Å². The van der Waals surface area contributed by atoms with E-state index in [2.05, 4.69) is 10.3 Å². The van der Waals surface area contributed by atoms with Gasteiger partial charge in [0.1, 0.15) is 5.82 Å². The van der Waals surface area contributed by atoms with Gasteiger partial charge in [0, 0.05) is 32.7 Å². The van der Waals surface area contributed by atoms with Crippen molar-refractivity contribution in [1.82, 2.24) is 13.9 Å². The molecular weight excluding hydrogens is 460 g/mol. The summed E-state index contributed by atoms with van der Waals surface area (Å²) in [6, 6.07) is 10.3. The topological polar surface area (TPSA) is 128 Å². The molecule has 3 aromatic rings. The van der Waals surface area contributed by atoms with Gasteiger partial charge in [0.2, 0.25) is 10.0 Å². The molecule has 2 heterocycles. The highest BCUT2D eigenvalue weighted by Gasteiger charge is 2.22. The number of hydrogen-bond donors (Lipinski definition) is 1. The van der Waals surface area contributed by atoms with E-state index >= 15 is 0 Å². The van der Waals surface area contributed by atoms with E-state index in [1.807, 2.05) is 0 Å². The maximum atomic E-state index is 12.6. The molecule has 0 radical (unpaired) electrons. The summed E-state index contributed by atoms with van der Waals surface area (Å²) >= 11 is 0. The molecule has 1 unspecified atom stereocenters. The molecule has 11 heteroatoms. The molecule has 0 bridgehead atoms. The molecule has 0 fully saturated rings. The number of hydrogen-bond acceptors (Lipinski definition) is 7. The molecule has 0 aliphatic carbocycles. The summed E-state index contributed by atoms with van der Waals surface area (Å²) in [5, 5.41) is 2.98. The number of ether oxygens (including phenoxy) is 1. The highest BCUT2D eigenvalue weighted by molar-refractivity contribution is 7.89. The third kappa shape index (κ3) is 4.44. The zero-order valence-electron chi connectivity index (χ0n) is 18.9. The van der Waals surface area contributed by atoms with Crippen molar-refractivity contribution < 1.29 is 22.7 Å². The van der Waals surface area contributed by atoms with E-state index in [-0.39, 0.29) is 21.7 Å². The molecule has 1 aliphatic heterocycles. The molecule has 178 valence electrons. The van der Waals surface area contributed by atoms with Gasteiger partial charge in [-0.3, -0.25) is 14.2 Å². The third-order valence-electron chi connectivity index (χ3n) is 5.59. The van der Waals surface area contributed by atoms with E-state index in [1.165, 1.54) is 63.5 Å². The van der Waals surface area contributed by atoms with Gasteiger partial charge in [0.05, 0.1) is 21.4 Å². The second-order valence-electron chi connectivity index (χ2n) is 8.17. The molecule has 1 atom stereocenters. The van der Waals surface area contributed by atoms with Crippen LogP contribution in [0.5, 0.6) is 0 Å². The van der Waals surface area contributed by atoms with Crippen molar-refractivity contribution in [1.29, 1.82) is 0 Å². The molecule has 0 saturated carbocycles. The smallest absolute Gasteiger partial charge is 0.338 e. The summed E-state index contributed by atoms with van der Waals surface area (Å²) in [4.78, 5) is 42.3. The van der Waals surface area contributed by atoms with Gasteiger partial charge < -0.3 is 10.1 Å². The number of anilines is 1. The second-order valence-corrected chi connectivity index (χ2v) is 10.3. The first kappa shape index (κ1) is 23.6. The standard InChI is InChI=1S/C23H24N4O6S/c1-14(21(28)24-16-6-4-7-17(13-16)34(31,32)26(2)3)33-23(30)15-9-10-18-19(12-15)25-20-8-5-11-27(20)22(18)29/h4,6-7,9-10,12-14H,5,8,11H2,1-3H3,(H,24,28). The minimum absolute atomic E-state index is 0.0194.